The maximum atomic E-state index is 11.5. The summed E-state index contributed by atoms with van der Waals surface area (Å²) >= 11 is 0. The van der Waals surface area contributed by atoms with Crippen molar-refractivity contribution in [3.05, 3.63) is 29.8 Å². The largest absolute Gasteiger partial charge is 0.347 e. The van der Waals surface area contributed by atoms with Gasteiger partial charge in [-0.2, -0.15) is 0 Å². The molecule has 0 unspecified atom stereocenters. The van der Waals surface area contributed by atoms with Crippen molar-refractivity contribution >= 4 is 17.5 Å². The van der Waals surface area contributed by atoms with Gasteiger partial charge in [0.2, 0.25) is 11.8 Å². The van der Waals surface area contributed by atoms with Crippen LogP contribution < -0.4 is 10.6 Å². The monoisotopic (exact) mass is 234 g/mol. The summed E-state index contributed by atoms with van der Waals surface area (Å²) in [5.74, 6) is -0.301. The van der Waals surface area contributed by atoms with E-state index in [9.17, 15) is 9.59 Å². The maximum absolute atomic E-state index is 11.5. The van der Waals surface area contributed by atoms with Gasteiger partial charge in [0.05, 0.1) is 6.54 Å². The lowest BCUT2D eigenvalue weighted by Gasteiger charge is -2.06. The standard InChI is InChI=1S/C13H18N2O2/c1-3-4-12(16)14-9-13(17)15-11-7-5-10(2)6-8-11/h5-8H,3-4,9H2,1-2H3,(H,14,16)(H,15,17). The molecule has 0 aromatic heterocycles. The molecule has 17 heavy (non-hydrogen) atoms. The van der Waals surface area contributed by atoms with Crippen LogP contribution in [0.3, 0.4) is 0 Å². The lowest BCUT2D eigenvalue weighted by molar-refractivity contribution is -0.124. The van der Waals surface area contributed by atoms with Gasteiger partial charge < -0.3 is 10.6 Å². The van der Waals surface area contributed by atoms with Crippen LogP contribution in [0.15, 0.2) is 24.3 Å². The number of benzene rings is 1. The summed E-state index contributed by atoms with van der Waals surface area (Å²) in [5, 5.41) is 5.28. The molecule has 2 amide bonds. The van der Waals surface area contributed by atoms with Gasteiger partial charge in [-0.1, -0.05) is 24.6 Å². The van der Waals surface area contributed by atoms with E-state index in [0.29, 0.717) is 6.42 Å². The van der Waals surface area contributed by atoms with Crippen molar-refractivity contribution in [1.82, 2.24) is 5.32 Å². The Bertz CT molecular complexity index is 385. The average molecular weight is 234 g/mol. The van der Waals surface area contributed by atoms with Crippen molar-refractivity contribution in [1.29, 1.82) is 0 Å². The minimum absolute atomic E-state index is 0.0205. The SMILES string of the molecule is CCCC(=O)NCC(=O)Nc1ccc(C)cc1. The number of rotatable bonds is 5. The fourth-order valence-corrected chi connectivity index (χ4v) is 1.34. The molecular formula is C13H18N2O2. The van der Waals surface area contributed by atoms with Crippen molar-refractivity contribution < 1.29 is 9.59 Å². The summed E-state index contributed by atoms with van der Waals surface area (Å²) in [7, 11) is 0. The number of carbonyl (C=O) groups excluding carboxylic acids is 2. The van der Waals surface area contributed by atoms with Gasteiger partial charge in [0.1, 0.15) is 0 Å². The molecule has 0 fully saturated rings. The van der Waals surface area contributed by atoms with Crippen LogP contribution in [0.1, 0.15) is 25.3 Å². The molecule has 4 heteroatoms. The lowest BCUT2D eigenvalue weighted by atomic mass is 10.2. The quantitative estimate of drug-likeness (QED) is 0.816. The molecule has 4 nitrogen and oxygen atoms in total. The maximum Gasteiger partial charge on any atom is 0.243 e. The summed E-state index contributed by atoms with van der Waals surface area (Å²) in [6.07, 6.45) is 1.24. The van der Waals surface area contributed by atoms with E-state index < -0.39 is 0 Å². The number of carbonyl (C=O) groups is 2. The van der Waals surface area contributed by atoms with Crippen LogP contribution in [-0.4, -0.2) is 18.4 Å². The molecule has 0 radical (unpaired) electrons. The van der Waals surface area contributed by atoms with Gasteiger partial charge in [-0.05, 0) is 25.5 Å². The molecule has 1 aromatic rings. The predicted octanol–water partition coefficient (Wildman–Crippen LogP) is 1.85. The Morgan fingerprint density at radius 2 is 1.76 bits per heavy atom. The number of anilines is 1. The first-order chi connectivity index (χ1) is 8.11. The van der Waals surface area contributed by atoms with Crippen LogP contribution in [0, 0.1) is 6.92 Å². The van der Waals surface area contributed by atoms with Crippen LogP contribution in [0.25, 0.3) is 0 Å². The minimum Gasteiger partial charge on any atom is -0.347 e. The second-order valence-corrected chi connectivity index (χ2v) is 3.94. The summed E-state index contributed by atoms with van der Waals surface area (Å²) in [5.41, 5.74) is 1.88. The van der Waals surface area contributed by atoms with Crippen LogP contribution in [-0.2, 0) is 9.59 Å². The second-order valence-electron chi connectivity index (χ2n) is 3.94. The normalized spacial score (nSPS) is 9.76. The summed E-state index contributed by atoms with van der Waals surface area (Å²) < 4.78 is 0. The first-order valence-corrected chi connectivity index (χ1v) is 5.75. The van der Waals surface area contributed by atoms with Gasteiger partial charge in [-0.3, -0.25) is 9.59 Å². The molecule has 0 spiro atoms. The third-order valence-electron chi connectivity index (χ3n) is 2.26. The highest BCUT2D eigenvalue weighted by molar-refractivity contribution is 5.94. The number of amides is 2. The molecule has 0 aliphatic carbocycles. The molecule has 0 heterocycles. The topological polar surface area (TPSA) is 58.2 Å². The van der Waals surface area contributed by atoms with Gasteiger partial charge in [-0.15, -0.1) is 0 Å². The Hall–Kier alpha value is -1.84. The average Bonchev–Trinajstić information content (AvgIpc) is 2.30. The summed E-state index contributed by atoms with van der Waals surface area (Å²) in [4.78, 5) is 22.6. The highest BCUT2D eigenvalue weighted by atomic mass is 16.2. The lowest BCUT2D eigenvalue weighted by Crippen LogP contribution is -2.32. The molecule has 92 valence electrons. The van der Waals surface area contributed by atoms with E-state index in [1.54, 1.807) is 0 Å². The van der Waals surface area contributed by atoms with Crippen molar-refractivity contribution in [2.75, 3.05) is 11.9 Å². The Labute approximate surface area is 101 Å². The zero-order valence-corrected chi connectivity index (χ0v) is 10.2. The highest BCUT2D eigenvalue weighted by Gasteiger charge is 2.04. The van der Waals surface area contributed by atoms with Gasteiger partial charge in [0.25, 0.3) is 0 Å². The Balaban J connectivity index is 2.34. The molecule has 0 saturated carbocycles. The van der Waals surface area contributed by atoms with Crippen molar-refractivity contribution in [2.24, 2.45) is 0 Å². The fraction of sp³-hybridized carbons (Fsp3) is 0.385. The molecule has 0 aliphatic rings. The van der Waals surface area contributed by atoms with Gasteiger partial charge >= 0.3 is 0 Å². The molecule has 0 aliphatic heterocycles. The van der Waals surface area contributed by atoms with E-state index in [-0.39, 0.29) is 18.4 Å². The van der Waals surface area contributed by atoms with Crippen LogP contribution in [0.2, 0.25) is 0 Å². The molecular weight excluding hydrogens is 216 g/mol. The number of hydrogen-bond donors (Lipinski definition) is 2. The van der Waals surface area contributed by atoms with Gasteiger partial charge in [-0.25, -0.2) is 0 Å². The molecule has 0 bridgehead atoms. The molecule has 2 N–H and O–H groups in total. The van der Waals surface area contributed by atoms with Crippen molar-refractivity contribution in [3.63, 3.8) is 0 Å². The molecule has 1 aromatic carbocycles. The third-order valence-corrected chi connectivity index (χ3v) is 2.26. The van der Waals surface area contributed by atoms with E-state index in [2.05, 4.69) is 10.6 Å². The fourth-order valence-electron chi connectivity index (χ4n) is 1.34. The zero-order chi connectivity index (χ0) is 12.7. The summed E-state index contributed by atoms with van der Waals surface area (Å²) in [6.45, 7) is 3.93. The number of hydrogen-bond acceptors (Lipinski definition) is 2. The van der Waals surface area contributed by atoms with Crippen molar-refractivity contribution in [3.8, 4) is 0 Å². The minimum atomic E-state index is -0.210. The summed E-state index contributed by atoms with van der Waals surface area (Å²) in [6, 6.07) is 7.51. The first-order valence-electron chi connectivity index (χ1n) is 5.75. The first kappa shape index (κ1) is 13.2. The number of aryl methyl sites for hydroxylation is 1. The third kappa shape index (κ3) is 5.15. The van der Waals surface area contributed by atoms with Crippen LogP contribution in [0.4, 0.5) is 5.69 Å². The molecule has 0 atom stereocenters. The Morgan fingerprint density at radius 1 is 1.12 bits per heavy atom. The van der Waals surface area contributed by atoms with E-state index in [1.807, 2.05) is 38.1 Å². The number of nitrogens with one attached hydrogen (secondary N) is 2. The van der Waals surface area contributed by atoms with Crippen LogP contribution >= 0.6 is 0 Å². The zero-order valence-electron chi connectivity index (χ0n) is 10.2. The van der Waals surface area contributed by atoms with Crippen LogP contribution in [0.5, 0.6) is 0 Å². The predicted molar refractivity (Wildman–Crippen MR) is 67.7 cm³/mol. The van der Waals surface area contributed by atoms with E-state index in [4.69, 9.17) is 0 Å². The van der Waals surface area contributed by atoms with E-state index in [1.165, 1.54) is 0 Å². The Morgan fingerprint density at radius 3 is 2.35 bits per heavy atom. The van der Waals surface area contributed by atoms with E-state index in [0.717, 1.165) is 17.7 Å². The molecule has 1 rings (SSSR count). The smallest absolute Gasteiger partial charge is 0.243 e. The van der Waals surface area contributed by atoms with E-state index >= 15 is 0 Å². The molecule has 0 saturated heterocycles. The Kier molecular flexibility index (Phi) is 5.20. The highest BCUT2D eigenvalue weighted by Crippen LogP contribution is 2.07. The van der Waals surface area contributed by atoms with Gasteiger partial charge in [0, 0.05) is 12.1 Å². The second kappa shape index (κ2) is 6.68. The van der Waals surface area contributed by atoms with Gasteiger partial charge in [0.15, 0.2) is 0 Å². The van der Waals surface area contributed by atoms with Crippen molar-refractivity contribution in [2.45, 2.75) is 26.7 Å².